The van der Waals surface area contributed by atoms with Crippen LogP contribution in [-0.4, -0.2) is 64.4 Å². The number of aliphatic imine (C=N–C) groups is 1. The molecule has 2 aliphatic carbocycles. The number of guanidine groups is 1. The molecule has 1 aliphatic heterocycles. The number of rotatable bonds is 14. The second-order valence-electron chi connectivity index (χ2n) is 11.8. The first-order valence-electron chi connectivity index (χ1n) is 15.3. The van der Waals surface area contributed by atoms with Crippen molar-refractivity contribution in [2.24, 2.45) is 22.6 Å². The Morgan fingerprint density at radius 1 is 1.28 bits per heavy atom. The van der Waals surface area contributed by atoms with Gasteiger partial charge in [-0.1, -0.05) is 30.4 Å². The van der Waals surface area contributed by atoms with Gasteiger partial charge in [0.25, 0.3) is 5.91 Å². The second kappa shape index (κ2) is 15.7. The number of furan rings is 1. The quantitative estimate of drug-likeness (QED) is 0.0450. The van der Waals surface area contributed by atoms with Crippen molar-refractivity contribution in [2.75, 3.05) is 20.2 Å². The number of ether oxygens (including phenoxy) is 1. The minimum atomic E-state index is -0.601. The number of methoxy groups -OCH3 is 1. The molecule has 6 N–H and O–H groups in total. The summed E-state index contributed by atoms with van der Waals surface area (Å²) in [5, 5.41) is 13.2. The van der Waals surface area contributed by atoms with E-state index in [0.717, 1.165) is 18.4 Å². The SMILES string of the molecule is COc1cc(O)cc(-c2cc(CCCNC(=O)[C@H](CCC/N=C(\N)NCl)NCl)c(/C=C3\SC(=S)N(C4CC5CCC4C5)C3=O)o2)c1. The van der Waals surface area contributed by atoms with Crippen LogP contribution in [0.25, 0.3) is 17.4 Å². The Balaban J connectivity index is 1.28. The average Bonchev–Trinajstić information content (AvgIpc) is 3.83. The maximum Gasteiger partial charge on any atom is 0.266 e. The van der Waals surface area contributed by atoms with Crippen molar-refractivity contribution < 1.29 is 23.8 Å². The monoisotopic (exact) mass is 708 g/mol. The molecule has 248 valence electrons. The highest BCUT2D eigenvalue weighted by molar-refractivity contribution is 8.26. The summed E-state index contributed by atoms with van der Waals surface area (Å²) < 4.78 is 12.2. The lowest BCUT2D eigenvalue weighted by atomic mass is 9.94. The van der Waals surface area contributed by atoms with E-state index in [0.29, 0.717) is 82.7 Å². The highest BCUT2D eigenvalue weighted by atomic mass is 35.5. The molecule has 46 heavy (non-hydrogen) atoms. The minimum absolute atomic E-state index is 0.0386. The van der Waals surface area contributed by atoms with Crippen molar-refractivity contribution in [2.45, 2.75) is 63.5 Å². The number of halogens is 2. The van der Waals surface area contributed by atoms with Crippen LogP contribution in [0.15, 0.2) is 38.6 Å². The van der Waals surface area contributed by atoms with Crippen LogP contribution in [0.2, 0.25) is 0 Å². The average molecular weight is 710 g/mol. The molecule has 1 aromatic carbocycles. The lowest BCUT2D eigenvalue weighted by molar-refractivity contribution is -0.124. The third-order valence-electron chi connectivity index (χ3n) is 8.77. The molecule has 4 atom stereocenters. The lowest BCUT2D eigenvalue weighted by Crippen LogP contribution is -2.41. The van der Waals surface area contributed by atoms with E-state index >= 15 is 0 Å². The molecule has 3 aliphatic rings. The number of aromatic hydroxyl groups is 1. The Bertz CT molecular complexity index is 1520. The van der Waals surface area contributed by atoms with Gasteiger partial charge < -0.3 is 25.3 Å². The van der Waals surface area contributed by atoms with E-state index in [9.17, 15) is 14.7 Å². The number of nitrogens with two attached hydrogens (primary N) is 1. The van der Waals surface area contributed by atoms with Crippen molar-refractivity contribution in [3.05, 3.63) is 40.5 Å². The number of amides is 2. The van der Waals surface area contributed by atoms with Crippen LogP contribution in [0.5, 0.6) is 11.5 Å². The van der Waals surface area contributed by atoms with Crippen molar-refractivity contribution in [3.63, 3.8) is 0 Å². The summed E-state index contributed by atoms with van der Waals surface area (Å²) in [6.45, 7) is 0.784. The summed E-state index contributed by atoms with van der Waals surface area (Å²) in [7, 11) is 1.53. The van der Waals surface area contributed by atoms with E-state index in [1.165, 1.54) is 37.8 Å². The number of nitrogens with zero attached hydrogens (tertiary/aromatic N) is 2. The topological polar surface area (TPSA) is 154 Å². The normalized spacial score (nSPS) is 22.6. The van der Waals surface area contributed by atoms with Gasteiger partial charge in [-0.15, -0.1) is 0 Å². The van der Waals surface area contributed by atoms with Gasteiger partial charge in [-0.25, -0.2) is 4.84 Å². The van der Waals surface area contributed by atoms with Gasteiger partial charge in [-0.05, 0) is 92.3 Å². The van der Waals surface area contributed by atoms with Gasteiger partial charge in [-0.2, -0.15) is 0 Å². The van der Waals surface area contributed by atoms with Crippen molar-refractivity contribution in [1.29, 1.82) is 0 Å². The highest BCUT2D eigenvalue weighted by Crippen LogP contribution is 2.49. The first-order valence-corrected chi connectivity index (χ1v) is 17.3. The van der Waals surface area contributed by atoms with Crippen LogP contribution in [0.4, 0.5) is 0 Å². The Kier molecular flexibility index (Phi) is 11.8. The van der Waals surface area contributed by atoms with Gasteiger partial charge in [0.15, 0.2) is 0 Å². The van der Waals surface area contributed by atoms with Crippen LogP contribution < -0.4 is 25.5 Å². The molecule has 2 bridgehead atoms. The lowest BCUT2D eigenvalue weighted by Gasteiger charge is -2.30. The van der Waals surface area contributed by atoms with Gasteiger partial charge in [0.05, 0.1) is 12.0 Å². The molecular weight excluding hydrogens is 671 g/mol. The Morgan fingerprint density at radius 3 is 2.80 bits per heavy atom. The molecule has 5 rings (SSSR count). The Morgan fingerprint density at radius 2 is 2.11 bits per heavy atom. The summed E-state index contributed by atoms with van der Waals surface area (Å²) in [6, 6.07) is 6.34. The molecule has 3 unspecified atom stereocenters. The van der Waals surface area contributed by atoms with Gasteiger partial charge in [0.2, 0.25) is 11.9 Å². The number of thiocarbonyl (C=S) groups is 1. The van der Waals surface area contributed by atoms with E-state index < -0.39 is 6.04 Å². The predicted molar refractivity (Wildman–Crippen MR) is 185 cm³/mol. The van der Waals surface area contributed by atoms with Gasteiger partial charge in [0, 0.05) is 48.6 Å². The fourth-order valence-electron chi connectivity index (χ4n) is 6.53. The highest BCUT2D eigenvalue weighted by Gasteiger charge is 2.48. The third kappa shape index (κ3) is 8.11. The molecule has 2 heterocycles. The van der Waals surface area contributed by atoms with Crippen LogP contribution in [0.3, 0.4) is 0 Å². The zero-order valence-corrected chi connectivity index (χ0v) is 28.5. The Hall–Kier alpha value is -2.97. The number of thioether (sulfide) groups is 1. The van der Waals surface area contributed by atoms with Crippen molar-refractivity contribution in [3.8, 4) is 22.8 Å². The number of phenolic OH excluding ortho intramolecular Hbond substituents is 1. The maximum absolute atomic E-state index is 13.6. The van der Waals surface area contributed by atoms with Crippen LogP contribution in [0.1, 0.15) is 56.3 Å². The number of carbonyl (C=O) groups excluding carboxylic acids is 2. The fraction of sp³-hybridized carbons (Fsp3) is 0.484. The molecular formula is C31H38Cl2N6O5S2. The molecule has 2 amide bonds. The molecule has 15 heteroatoms. The maximum atomic E-state index is 13.6. The summed E-state index contributed by atoms with van der Waals surface area (Å²) in [5.41, 5.74) is 6.99. The first-order chi connectivity index (χ1) is 22.2. The van der Waals surface area contributed by atoms with E-state index in [2.05, 4.69) is 20.0 Å². The van der Waals surface area contributed by atoms with Crippen LogP contribution >= 0.6 is 47.5 Å². The van der Waals surface area contributed by atoms with E-state index in [4.69, 9.17) is 50.7 Å². The zero-order chi connectivity index (χ0) is 32.8. The number of hydrogen-bond acceptors (Lipinski definition) is 9. The predicted octanol–water partition coefficient (Wildman–Crippen LogP) is 5.05. The number of nitrogens with one attached hydrogen (secondary N) is 3. The minimum Gasteiger partial charge on any atom is -0.508 e. The summed E-state index contributed by atoms with van der Waals surface area (Å²) >= 11 is 18.2. The number of fused-ring (bicyclic) bond motifs is 2. The molecule has 0 radical (unpaired) electrons. The third-order valence-corrected chi connectivity index (χ3v) is 10.6. The summed E-state index contributed by atoms with van der Waals surface area (Å²) in [4.78, 5) is 37.5. The number of aryl methyl sites for hydroxylation is 1. The molecule has 2 saturated carbocycles. The van der Waals surface area contributed by atoms with Crippen LogP contribution in [0, 0.1) is 11.8 Å². The van der Waals surface area contributed by atoms with E-state index in [1.54, 1.807) is 18.2 Å². The smallest absolute Gasteiger partial charge is 0.266 e. The Labute approximate surface area is 287 Å². The van der Waals surface area contributed by atoms with Crippen molar-refractivity contribution >= 4 is 75.7 Å². The van der Waals surface area contributed by atoms with E-state index in [-0.39, 0.29) is 29.6 Å². The number of benzene rings is 1. The molecule has 3 fully saturated rings. The number of hydrogen-bond donors (Lipinski definition) is 5. The summed E-state index contributed by atoms with van der Waals surface area (Å²) in [5.74, 6) is 2.58. The van der Waals surface area contributed by atoms with Crippen LogP contribution in [-0.2, 0) is 16.0 Å². The second-order valence-corrected chi connectivity index (χ2v) is 13.9. The molecule has 1 aromatic heterocycles. The van der Waals surface area contributed by atoms with Gasteiger partial charge in [-0.3, -0.25) is 24.3 Å². The van der Waals surface area contributed by atoms with Gasteiger partial charge in [0.1, 0.15) is 33.4 Å². The largest absolute Gasteiger partial charge is 0.508 e. The number of carbonyl (C=O) groups is 2. The molecule has 1 saturated heterocycles. The van der Waals surface area contributed by atoms with E-state index in [1.807, 2.05) is 11.0 Å². The molecule has 2 aromatic rings. The van der Waals surface area contributed by atoms with Crippen molar-refractivity contribution in [1.82, 2.24) is 19.9 Å². The zero-order valence-electron chi connectivity index (χ0n) is 25.4. The summed E-state index contributed by atoms with van der Waals surface area (Å²) in [6.07, 6.45) is 8.53. The van der Waals surface area contributed by atoms with Gasteiger partial charge >= 0.3 is 0 Å². The number of phenols is 1. The molecule has 11 nitrogen and oxygen atoms in total. The molecule has 0 spiro atoms. The standard InChI is InChI=1S/C31H38Cl2N6O5S2/c1-43-22-13-20(12-21(40)15-22)25-14-19(4-2-8-35-28(41)23(37-32)5-3-9-36-30(34)38-33)26(44-25)16-27-29(42)39(31(45)46-27)24-11-17-6-7-18(24)10-17/h12-18,23-24,37,40H,2-11H2,1H3,(H,35,41)(H3,34,36,38)/b27-16-/t17?,18?,23-,24?/m0/s1. The fourth-order valence-corrected chi connectivity index (χ4v) is 8.14. The first kappa shape index (κ1) is 34.4.